The van der Waals surface area contributed by atoms with Gasteiger partial charge in [0.2, 0.25) is 5.88 Å². The van der Waals surface area contributed by atoms with Crippen molar-refractivity contribution in [2.75, 3.05) is 14.2 Å². The van der Waals surface area contributed by atoms with E-state index >= 15 is 0 Å². The number of nitrogens with zero attached hydrogens (tertiary/aromatic N) is 1. The Morgan fingerprint density at radius 2 is 2.19 bits per heavy atom. The molecule has 2 bridgehead atoms. The quantitative estimate of drug-likeness (QED) is 0.658. The van der Waals surface area contributed by atoms with Gasteiger partial charge in [-0.15, -0.1) is 0 Å². The lowest BCUT2D eigenvalue weighted by Gasteiger charge is -2.46. The number of esters is 1. The lowest BCUT2D eigenvalue weighted by molar-refractivity contribution is -0.155. The molecule has 5 nitrogen and oxygen atoms in total. The van der Waals surface area contributed by atoms with Gasteiger partial charge >= 0.3 is 5.97 Å². The Morgan fingerprint density at radius 3 is 2.86 bits per heavy atom. The average molecular weight is 289 g/mol. The number of carbonyl (C=O) groups excluding carboxylic acids is 1. The molecule has 0 aliphatic heterocycles. The monoisotopic (exact) mass is 289 g/mol. The molecule has 0 saturated heterocycles. The molecule has 5 heteroatoms. The van der Waals surface area contributed by atoms with Crippen LogP contribution in [0.15, 0.2) is 23.8 Å². The maximum Gasteiger partial charge on any atom is 0.319 e. The number of fused-ring (bicyclic) bond motifs is 4. The molecule has 0 spiro atoms. The topological polar surface area (TPSA) is 68.7 Å². The first-order chi connectivity index (χ1) is 10.0. The van der Waals surface area contributed by atoms with E-state index in [0.717, 1.165) is 16.8 Å². The number of methoxy groups -OCH3 is 2. The van der Waals surface area contributed by atoms with E-state index < -0.39 is 17.5 Å². The zero-order valence-corrected chi connectivity index (χ0v) is 12.4. The van der Waals surface area contributed by atoms with Crippen LogP contribution in [0.3, 0.4) is 0 Å². The van der Waals surface area contributed by atoms with Crippen molar-refractivity contribution >= 4 is 5.97 Å². The van der Waals surface area contributed by atoms with E-state index in [2.05, 4.69) is 4.98 Å². The standard InChI is InChI=1S/C16H19NO4/c1-9-6-10-7-12-11(4-5-13(17-12)20-2)16(8-9,14(10)18)15(19)21-3/h4-6,10,14,18H,7-8H2,1-3H3/t10-,14-,16-/m0/s1. The van der Waals surface area contributed by atoms with Gasteiger partial charge in [-0.3, -0.25) is 4.79 Å². The van der Waals surface area contributed by atoms with E-state index in [1.165, 1.54) is 7.11 Å². The number of allylic oxidation sites excluding steroid dienone is 1. The smallest absolute Gasteiger partial charge is 0.319 e. The minimum Gasteiger partial charge on any atom is -0.481 e. The Kier molecular flexibility index (Phi) is 3.24. The Morgan fingerprint density at radius 1 is 1.43 bits per heavy atom. The zero-order chi connectivity index (χ0) is 15.2. The molecule has 112 valence electrons. The number of hydrogen-bond acceptors (Lipinski definition) is 5. The van der Waals surface area contributed by atoms with Crippen molar-refractivity contribution in [2.24, 2.45) is 5.92 Å². The van der Waals surface area contributed by atoms with Crippen molar-refractivity contribution in [3.63, 3.8) is 0 Å². The first kappa shape index (κ1) is 14.1. The normalized spacial score (nSPS) is 30.2. The molecule has 3 rings (SSSR count). The van der Waals surface area contributed by atoms with E-state index in [1.807, 2.05) is 19.1 Å². The van der Waals surface area contributed by atoms with Crippen LogP contribution in [0.25, 0.3) is 0 Å². The van der Waals surface area contributed by atoms with Crippen molar-refractivity contribution in [3.8, 4) is 5.88 Å². The van der Waals surface area contributed by atoms with Crippen molar-refractivity contribution in [2.45, 2.75) is 31.3 Å². The maximum absolute atomic E-state index is 12.5. The van der Waals surface area contributed by atoms with E-state index in [9.17, 15) is 9.90 Å². The first-order valence-electron chi connectivity index (χ1n) is 7.01. The molecule has 2 aliphatic rings. The maximum atomic E-state index is 12.5. The number of aliphatic hydroxyl groups excluding tert-OH is 1. The molecule has 0 saturated carbocycles. The highest BCUT2D eigenvalue weighted by Crippen LogP contribution is 2.48. The molecule has 1 heterocycles. The van der Waals surface area contributed by atoms with E-state index in [4.69, 9.17) is 9.47 Å². The van der Waals surface area contributed by atoms with Gasteiger partial charge < -0.3 is 14.6 Å². The minimum absolute atomic E-state index is 0.120. The third-order valence-electron chi connectivity index (χ3n) is 4.58. The van der Waals surface area contributed by atoms with Crippen LogP contribution >= 0.6 is 0 Å². The number of aromatic nitrogens is 1. The van der Waals surface area contributed by atoms with Crippen molar-refractivity contribution in [1.82, 2.24) is 4.98 Å². The largest absolute Gasteiger partial charge is 0.481 e. The van der Waals surface area contributed by atoms with Gasteiger partial charge in [0, 0.05) is 17.7 Å². The van der Waals surface area contributed by atoms with Crippen LogP contribution in [0.1, 0.15) is 24.6 Å². The molecule has 1 N–H and O–H groups in total. The second kappa shape index (κ2) is 4.84. The van der Waals surface area contributed by atoms with Gasteiger partial charge in [-0.25, -0.2) is 4.98 Å². The summed E-state index contributed by atoms with van der Waals surface area (Å²) in [5, 5.41) is 10.7. The molecule has 0 radical (unpaired) electrons. The molecular weight excluding hydrogens is 270 g/mol. The fourth-order valence-corrected chi connectivity index (χ4v) is 3.72. The fraction of sp³-hybridized carbons (Fsp3) is 0.500. The summed E-state index contributed by atoms with van der Waals surface area (Å²) in [4.78, 5) is 17.0. The van der Waals surface area contributed by atoms with Crippen molar-refractivity contribution < 1.29 is 19.4 Å². The molecule has 0 amide bonds. The summed E-state index contributed by atoms with van der Waals surface area (Å²) in [7, 11) is 2.92. The minimum atomic E-state index is -1.05. The third kappa shape index (κ3) is 1.87. The van der Waals surface area contributed by atoms with Crippen LogP contribution in [0.4, 0.5) is 0 Å². The Labute approximate surface area is 123 Å². The average Bonchev–Trinajstić information content (AvgIpc) is 2.48. The zero-order valence-electron chi connectivity index (χ0n) is 12.4. The number of hydrogen-bond donors (Lipinski definition) is 1. The third-order valence-corrected chi connectivity index (χ3v) is 4.58. The van der Waals surface area contributed by atoms with Gasteiger partial charge in [-0.1, -0.05) is 17.7 Å². The van der Waals surface area contributed by atoms with Gasteiger partial charge in [-0.2, -0.15) is 0 Å². The van der Waals surface area contributed by atoms with Gasteiger partial charge in [0.1, 0.15) is 5.41 Å². The van der Waals surface area contributed by atoms with Gasteiger partial charge in [-0.05, 0) is 25.3 Å². The summed E-state index contributed by atoms with van der Waals surface area (Å²) in [5.74, 6) is -0.00532. The molecule has 3 atom stereocenters. The van der Waals surface area contributed by atoms with E-state index in [0.29, 0.717) is 18.7 Å². The molecule has 2 aliphatic carbocycles. The first-order valence-corrected chi connectivity index (χ1v) is 7.01. The summed E-state index contributed by atoms with van der Waals surface area (Å²) < 4.78 is 10.2. The molecule has 0 fully saturated rings. The highest BCUT2D eigenvalue weighted by molar-refractivity contribution is 5.86. The van der Waals surface area contributed by atoms with Crippen LogP contribution in [0.5, 0.6) is 5.88 Å². The number of aliphatic hydroxyl groups is 1. The predicted molar refractivity (Wildman–Crippen MR) is 76.1 cm³/mol. The number of ether oxygens (including phenoxy) is 2. The van der Waals surface area contributed by atoms with Crippen molar-refractivity contribution in [3.05, 3.63) is 35.0 Å². The van der Waals surface area contributed by atoms with Crippen LogP contribution in [0, 0.1) is 5.92 Å². The second-order valence-electron chi connectivity index (χ2n) is 5.81. The van der Waals surface area contributed by atoms with Crippen molar-refractivity contribution in [1.29, 1.82) is 0 Å². The van der Waals surface area contributed by atoms with Crippen LogP contribution in [-0.2, 0) is 21.4 Å². The number of rotatable bonds is 2. The summed E-state index contributed by atoms with van der Waals surface area (Å²) in [6.07, 6.45) is 2.31. The molecule has 1 aromatic rings. The van der Waals surface area contributed by atoms with Crippen LogP contribution in [0.2, 0.25) is 0 Å². The lowest BCUT2D eigenvalue weighted by Crippen LogP contribution is -2.56. The molecule has 1 aromatic heterocycles. The van der Waals surface area contributed by atoms with Crippen LogP contribution in [-0.4, -0.2) is 36.4 Å². The Balaban J connectivity index is 2.23. The molecule has 21 heavy (non-hydrogen) atoms. The van der Waals surface area contributed by atoms with E-state index in [-0.39, 0.29) is 5.92 Å². The van der Waals surface area contributed by atoms with Gasteiger partial charge in [0.15, 0.2) is 0 Å². The number of carbonyl (C=O) groups is 1. The fourth-order valence-electron chi connectivity index (χ4n) is 3.72. The molecular formula is C16H19NO4. The van der Waals surface area contributed by atoms with E-state index in [1.54, 1.807) is 13.2 Å². The van der Waals surface area contributed by atoms with Gasteiger partial charge in [0.25, 0.3) is 0 Å². The SMILES string of the molecule is COC(=O)[C@@]12CC(C)=C[C@@H](Cc3nc(OC)ccc31)[C@@H]2O. The summed E-state index contributed by atoms with van der Waals surface area (Å²) in [6, 6.07) is 3.56. The Hall–Kier alpha value is -1.88. The summed E-state index contributed by atoms with van der Waals surface area (Å²) in [6.45, 7) is 1.98. The predicted octanol–water partition coefficient (Wildman–Crippen LogP) is 1.38. The second-order valence-corrected chi connectivity index (χ2v) is 5.81. The lowest BCUT2D eigenvalue weighted by atomic mass is 9.59. The Bertz CT molecular complexity index is 625. The van der Waals surface area contributed by atoms with Gasteiger partial charge in [0.05, 0.1) is 20.3 Å². The summed E-state index contributed by atoms with van der Waals surface area (Å²) >= 11 is 0. The van der Waals surface area contributed by atoms with Crippen LogP contribution < -0.4 is 4.74 Å². The highest BCUT2D eigenvalue weighted by Gasteiger charge is 2.56. The highest BCUT2D eigenvalue weighted by atomic mass is 16.5. The summed E-state index contributed by atoms with van der Waals surface area (Å²) in [5.41, 5.74) is 1.60. The number of pyridine rings is 1. The molecule has 0 aromatic carbocycles. The molecule has 0 unspecified atom stereocenters.